The number of furan rings is 1. The fourth-order valence-corrected chi connectivity index (χ4v) is 2.95. The van der Waals surface area contributed by atoms with Crippen LogP contribution < -0.4 is 5.43 Å². The molecule has 0 aliphatic carbocycles. The van der Waals surface area contributed by atoms with E-state index in [1.54, 1.807) is 18.4 Å². The zero-order valence-electron chi connectivity index (χ0n) is 13.7. The number of allylic oxidation sites excluding steroid dienone is 1. The second kappa shape index (κ2) is 7.94. The molecule has 0 aliphatic rings. The van der Waals surface area contributed by atoms with Crippen molar-refractivity contribution in [2.24, 2.45) is 5.10 Å². The molecule has 3 aromatic rings. The lowest BCUT2D eigenvalue weighted by atomic mass is 10.0. The van der Waals surface area contributed by atoms with Gasteiger partial charge in [-0.1, -0.05) is 46.3 Å². The van der Waals surface area contributed by atoms with Crippen molar-refractivity contribution in [3.8, 4) is 0 Å². The Bertz CT molecular complexity index is 943. The summed E-state index contributed by atoms with van der Waals surface area (Å²) in [6.45, 7) is 1.81. The maximum Gasteiger partial charge on any atom is 0.244 e. The monoisotopic (exact) mass is 396 g/mol. The van der Waals surface area contributed by atoms with E-state index < -0.39 is 0 Å². The standard InChI is InChI=1S/C20H17BrN2O2/c1-14(8-10-16-5-4-12-25-16)22-23-20(24)13-15-9-11-19(21)18-7-3-2-6-17(15)18/h2-12H,13H2,1H3,(H,23,24). The molecule has 1 amide bonds. The van der Waals surface area contributed by atoms with Gasteiger partial charge in [-0.2, -0.15) is 5.10 Å². The fourth-order valence-electron chi connectivity index (χ4n) is 2.47. The highest BCUT2D eigenvalue weighted by Crippen LogP contribution is 2.27. The predicted molar refractivity (Wildman–Crippen MR) is 104 cm³/mol. The zero-order valence-corrected chi connectivity index (χ0v) is 15.3. The molecule has 1 aromatic heterocycles. The summed E-state index contributed by atoms with van der Waals surface area (Å²) in [5.74, 6) is 0.584. The van der Waals surface area contributed by atoms with E-state index in [9.17, 15) is 4.79 Å². The number of halogens is 1. The van der Waals surface area contributed by atoms with Gasteiger partial charge in [-0.3, -0.25) is 4.79 Å². The summed E-state index contributed by atoms with van der Waals surface area (Å²) < 4.78 is 6.22. The van der Waals surface area contributed by atoms with Crippen LogP contribution in [0, 0.1) is 0 Å². The number of fused-ring (bicyclic) bond motifs is 1. The van der Waals surface area contributed by atoms with E-state index in [0.717, 1.165) is 26.6 Å². The van der Waals surface area contributed by atoms with Crippen molar-refractivity contribution in [1.29, 1.82) is 0 Å². The molecule has 0 radical (unpaired) electrons. The van der Waals surface area contributed by atoms with Crippen LogP contribution in [0.3, 0.4) is 0 Å². The number of carbonyl (C=O) groups is 1. The van der Waals surface area contributed by atoms with E-state index in [4.69, 9.17) is 4.42 Å². The van der Waals surface area contributed by atoms with Gasteiger partial charge < -0.3 is 4.42 Å². The van der Waals surface area contributed by atoms with Crippen molar-refractivity contribution < 1.29 is 9.21 Å². The molecule has 4 nitrogen and oxygen atoms in total. The van der Waals surface area contributed by atoms with Gasteiger partial charge >= 0.3 is 0 Å². The van der Waals surface area contributed by atoms with Gasteiger partial charge in [0.05, 0.1) is 18.4 Å². The van der Waals surface area contributed by atoms with Gasteiger partial charge in [0.2, 0.25) is 5.91 Å². The molecule has 0 unspecified atom stereocenters. The largest absolute Gasteiger partial charge is 0.465 e. The molecule has 0 aliphatic heterocycles. The van der Waals surface area contributed by atoms with Crippen molar-refractivity contribution in [2.45, 2.75) is 13.3 Å². The SMILES string of the molecule is CC(C=Cc1ccco1)=NNC(=O)Cc1ccc(Br)c2ccccc12. The highest BCUT2D eigenvalue weighted by atomic mass is 79.9. The van der Waals surface area contributed by atoms with Crippen LogP contribution in [0.15, 0.2) is 74.9 Å². The topological polar surface area (TPSA) is 54.6 Å². The van der Waals surface area contributed by atoms with Gasteiger partial charge in [0.15, 0.2) is 0 Å². The van der Waals surface area contributed by atoms with E-state index in [-0.39, 0.29) is 12.3 Å². The number of nitrogens with one attached hydrogen (secondary N) is 1. The molecule has 0 bridgehead atoms. The lowest BCUT2D eigenvalue weighted by molar-refractivity contribution is -0.120. The first kappa shape index (κ1) is 17.2. The number of amides is 1. The van der Waals surface area contributed by atoms with Crippen LogP contribution in [-0.2, 0) is 11.2 Å². The summed E-state index contributed by atoms with van der Waals surface area (Å²) in [6.07, 6.45) is 5.46. The smallest absolute Gasteiger partial charge is 0.244 e. The van der Waals surface area contributed by atoms with Crippen LogP contribution >= 0.6 is 15.9 Å². The van der Waals surface area contributed by atoms with E-state index in [0.29, 0.717) is 5.71 Å². The fraction of sp³-hybridized carbons (Fsp3) is 0.100. The Kier molecular flexibility index (Phi) is 5.46. The molecule has 2 aromatic carbocycles. The number of benzene rings is 2. The van der Waals surface area contributed by atoms with Gasteiger partial charge in [0, 0.05) is 4.47 Å². The molecule has 0 saturated heterocycles. The summed E-state index contributed by atoms with van der Waals surface area (Å²) >= 11 is 3.54. The first-order chi connectivity index (χ1) is 12.1. The van der Waals surface area contributed by atoms with Crippen LogP contribution in [-0.4, -0.2) is 11.6 Å². The van der Waals surface area contributed by atoms with E-state index in [2.05, 4.69) is 26.5 Å². The summed E-state index contributed by atoms with van der Waals surface area (Å²) in [5.41, 5.74) is 4.25. The minimum absolute atomic E-state index is 0.154. The molecular formula is C20H17BrN2O2. The molecule has 0 fully saturated rings. The maximum atomic E-state index is 12.2. The van der Waals surface area contributed by atoms with Crippen molar-refractivity contribution >= 4 is 44.4 Å². The average Bonchev–Trinajstić information content (AvgIpc) is 3.14. The summed E-state index contributed by atoms with van der Waals surface area (Å²) in [7, 11) is 0. The summed E-state index contributed by atoms with van der Waals surface area (Å²) in [4.78, 5) is 12.2. The third kappa shape index (κ3) is 4.45. The molecule has 0 saturated carbocycles. The molecule has 1 N–H and O–H groups in total. The predicted octanol–water partition coefficient (Wildman–Crippen LogP) is 4.94. The minimum Gasteiger partial charge on any atom is -0.465 e. The molecular weight excluding hydrogens is 380 g/mol. The van der Waals surface area contributed by atoms with Gasteiger partial charge in [-0.15, -0.1) is 0 Å². The third-order valence-corrected chi connectivity index (χ3v) is 4.39. The van der Waals surface area contributed by atoms with Crippen molar-refractivity contribution in [2.75, 3.05) is 0 Å². The van der Waals surface area contributed by atoms with E-state index >= 15 is 0 Å². The van der Waals surface area contributed by atoms with Crippen molar-refractivity contribution in [3.63, 3.8) is 0 Å². The van der Waals surface area contributed by atoms with Crippen molar-refractivity contribution in [1.82, 2.24) is 5.43 Å². The Balaban J connectivity index is 1.67. The quantitative estimate of drug-likeness (QED) is 0.490. The molecule has 3 rings (SSSR count). The van der Waals surface area contributed by atoms with Crippen molar-refractivity contribution in [3.05, 3.63) is 76.7 Å². The molecule has 25 heavy (non-hydrogen) atoms. The first-order valence-electron chi connectivity index (χ1n) is 7.84. The highest BCUT2D eigenvalue weighted by molar-refractivity contribution is 9.10. The van der Waals surface area contributed by atoms with E-state index in [1.165, 1.54) is 0 Å². The van der Waals surface area contributed by atoms with E-state index in [1.807, 2.05) is 55.5 Å². The maximum absolute atomic E-state index is 12.2. The summed E-state index contributed by atoms with van der Waals surface area (Å²) in [5, 5.41) is 6.25. The number of hydrogen-bond donors (Lipinski definition) is 1. The first-order valence-corrected chi connectivity index (χ1v) is 8.63. The number of nitrogens with zero attached hydrogens (tertiary/aromatic N) is 1. The molecule has 5 heteroatoms. The second-order valence-electron chi connectivity index (χ2n) is 5.57. The Labute approximate surface area is 154 Å². The van der Waals surface area contributed by atoms with Gasteiger partial charge in [-0.25, -0.2) is 5.43 Å². The molecule has 126 valence electrons. The van der Waals surface area contributed by atoms with Crippen LogP contribution in [0.4, 0.5) is 0 Å². The normalized spacial score (nSPS) is 12.0. The second-order valence-corrected chi connectivity index (χ2v) is 6.42. The lowest BCUT2D eigenvalue weighted by Crippen LogP contribution is -2.20. The number of carbonyl (C=O) groups excluding carboxylic acids is 1. The zero-order chi connectivity index (χ0) is 17.6. The average molecular weight is 397 g/mol. The van der Waals surface area contributed by atoms with Gasteiger partial charge in [-0.05, 0) is 53.6 Å². The minimum atomic E-state index is -0.154. The third-order valence-electron chi connectivity index (χ3n) is 3.70. The molecule has 0 atom stereocenters. The van der Waals surface area contributed by atoms with Crippen LogP contribution in [0.1, 0.15) is 18.2 Å². The number of hydrazone groups is 1. The molecule has 0 spiro atoms. The van der Waals surface area contributed by atoms with Crippen LogP contribution in [0.2, 0.25) is 0 Å². The summed E-state index contributed by atoms with van der Waals surface area (Å²) in [6, 6.07) is 15.6. The van der Waals surface area contributed by atoms with Gasteiger partial charge in [0.1, 0.15) is 5.76 Å². The Morgan fingerprint density at radius 3 is 2.72 bits per heavy atom. The van der Waals surface area contributed by atoms with Gasteiger partial charge in [0.25, 0.3) is 0 Å². The number of hydrogen-bond acceptors (Lipinski definition) is 3. The Morgan fingerprint density at radius 2 is 1.96 bits per heavy atom. The van der Waals surface area contributed by atoms with Crippen LogP contribution in [0.25, 0.3) is 16.8 Å². The Morgan fingerprint density at radius 1 is 1.16 bits per heavy atom. The Hall–Kier alpha value is -2.66. The number of rotatable bonds is 5. The lowest BCUT2D eigenvalue weighted by Gasteiger charge is -2.07. The highest BCUT2D eigenvalue weighted by Gasteiger charge is 2.08. The van der Waals surface area contributed by atoms with Crippen LogP contribution in [0.5, 0.6) is 0 Å². The molecule has 1 heterocycles.